The first-order chi connectivity index (χ1) is 13.2. The van der Waals surface area contributed by atoms with Gasteiger partial charge in [0.15, 0.2) is 0 Å². The lowest BCUT2D eigenvalue weighted by molar-refractivity contribution is 0.103. The molecule has 138 valence electrons. The van der Waals surface area contributed by atoms with E-state index in [-0.39, 0.29) is 12.0 Å². The first-order valence-electron chi connectivity index (χ1n) is 8.90. The van der Waals surface area contributed by atoms with E-state index in [0.29, 0.717) is 4.88 Å². The molecule has 4 rings (SSSR count). The Bertz CT molecular complexity index is 920. The van der Waals surface area contributed by atoms with Crippen LogP contribution in [0.2, 0.25) is 0 Å². The van der Waals surface area contributed by atoms with Crippen molar-refractivity contribution < 1.29 is 9.90 Å². The van der Waals surface area contributed by atoms with Crippen molar-refractivity contribution in [3.63, 3.8) is 0 Å². The van der Waals surface area contributed by atoms with Gasteiger partial charge in [0.05, 0.1) is 23.7 Å². The van der Waals surface area contributed by atoms with Gasteiger partial charge in [0.1, 0.15) is 9.88 Å². The first-order valence-corrected chi connectivity index (χ1v) is 9.72. The molecule has 2 N–H and O–H groups in total. The van der Waals surface area contributed by atoms with Crippen LogP contribution in [0.3, 0.4) is 0 Å². The topological polar surface area (TPSA) is 78.4 Å². The lowest BCUT2D eigenvalue weighted by atomic mass is 10.1. The molecule has 0 radical (unpaired) electrons. The molecule has 1 aliphatic rings. The van der Waals surface area contributed by atoms with Crippen LogP contribution < -0.4 is 10.2 Å². The molecule has 1 saturated heterocycles. The number of nitrogens with zero attached hydrogens (tertiary/aromatic N) is 3. The number of hydrogen-bond acceptors (Lipinski definition) is 6. The highest BCUT2D eigenvalue weighted by Gasteiger charge is 2.20. The van der Waals surface area contributed by atoms with Crippen molar-refractivity contribution in [1.82, 2.24) is 9.97 Å². The van der Waals surface area contributed by atoms with Crippen LogP contribution >= 0.6 is 11.3 Å². The molecule has 3 heterocycles. The van der Waals surface area contributed by atoms with Gasteiger partial charge in [0, 0.05) is 31.0 Å². The molecule has 1 aliphatic heterocycles. The number of aromatic nitrogens is 2. The summed E-state index contributed by atoms with van der Waals surface area (Å²) in [6, 6.07) is 11.5. The number of benzene rings is 1. The Labute approximate surface area is 161 Å². The molecule has 1 aromatic carbocycles. The van der Waals surface area contributed by atoms with E-state index in [9.17, 15) is 9.90 Å². The largest absolute Gasteiger partial charge is 0.393 e. The lowest BCUT2D eigenvalue weighted by Crippen LogP contribution is -2.36. The van der Waals surface area contributed by atoms with Crippen LogP contribution in [-0.4, -0.2) is 40.2 Å². The fourth-order valence-corrected chi connectivity index (χ4v) is 3.97. The number of aliphatic hydroxyl groups is 1. The smallest absolute Gasteiger partial charge is 0.267 e. The number of anilines is 2. The minimum Gasteiger partial charge on any atom is -0.393 e. The van der Waals surface area contributed by atoms with E-state index in [1.807, 2.05) is 36.4 Å². The Balaban J connectivity index is 1.51. The molecule has 0 bridgehead atoms. The highest BCUT2D eigenvalue weighted by atomic mass is 32.1. The van der Waals surface area contributed by atoms with Crippen molar-refractivity contribution in [2.45, 2.75) is 18.9 Å². The molecule has 0 aliphatic carbocycles. The monoisotopic (exact) mass is 380 g/mol. The number of piperidine rings is 1. The molecule has 0 unspecified atom stereocenters. The number of nitrogens with one attached hydrogen (secondary N) is 1. The summed E-state index contributed by atoms with van der Waals surface area (Å²) in [6.45, 7) is 1.56. The molecular formula is C20H20N4O2S. The van der Waals surface area contributed by atoms with Gasteiger partial charge in [-0.05, 0) is 37.1 Å². The Kier molecular flexibility index (Phi) is 5.13. The van der Waals surface area contributed by atoms with Gasteiger partial charge in [-0.3, -0.25) is 9.78 Å². The highest BCUT2D eigenvalue weighted by molar-refractivity contribution is 7.17. The molecule has 27 heavy (non-hydrogen) atoms. The number of rotatable bonds is 4. The minimum absolute atomic E-state index is 0.169. The van der Waals surface area contributed by atoms with E-state index >= 15 is 0 Å². The molecule has 2 aromatic heterocycles. The fourth-order valence-electron chi connectivity index (χ4n) is 3.15. The van der Waals surface area contributed by atoms with Crippen molar-refractivity contribution >= 4 is 28.6 Å². The third-order valence-electron chi connectivity index (χ3n) is 4.61. The van der Waals surface area contributed by atoms with Gasteiger partial charge in [-0.25, -0.2) is 4.98 Å². The molecular weight excluding hydrogens is 360 g/mol. The van der Waals surface area contributed by atoms with E-state index in [2.05, 4.69) is 20.2 Å². The van der Waals surface area contributed by atoms with Gasteiger partial charge < -0.3 is 15.3 Å². The van der Waals surface area contributed by atoms with Crippen molar-refractivity contribution in [3.05, 3.63) is 59.9 Å². The quantitative estimate of drug-likeness (QED) is 0.725. The molecule has 1 amide bonds. The summed E-state index contributed by atoms with van der Waals surface area (Å²) in [5, 5.41) is 13.5. The van der Waals surface area contributed by atoms with Crippen molar-refractivity contribution in [3.8, 4) is 10.6 Å². The van der Waals surface area contributed by atoms with Gasteiger partial charge in [-0.15, -0.1) is 11.3 Å². The van der Waals surface area contributed by atoms with E-state index in [1.165, 1.54) is 11.3 Å². The number of amides is 1. The average molecular weight is 380 g/mol. The van der Waals surface area contributed by atoms with Crippen LogP contribution in [-0.2, 0) is 0 Å². The van der Waals surface area contributed by atoms with Crippen LogP contribution in [0.1, 0.15) is 22.5 Å². The number of hydrogen-bond donors (Lipinski definition) is 2. The van der Waals surface area contributed by atoms with Crippen molar-refractivity contribution in [2.24, 2.45) is 0 Å². The predicted molar refractivity (Wildman–Crippen MR) is 107 cm³/mol. The number of aliphatic hydroxyl groups excluding tert-OH is 1. The van der Waals surface area contributed by atoms with Gasteiger partial charge in [-0.2, -0.15) is 0 Å². The van der Waals surface area contributed by atoms with Crippen molar-refractivity contribution in [1.29, 1.82) is 0 Å². The average Bonchev–Trinajstić information content (AvgIpc) is 3.20. The fraction of sp³-hybridized carbons (Fsp3) is 0.250. The number of carbonyl (C=O) groups excluding carboxylic acids is 1. The standard InChI is InChI=1S/C20H20N4O2S/c25-15-7-11-24(12-8-15)17-4-2-1-3-16(17)23-19(26)18-13-22-20(27-18)14-5-9-21-10-6-14/h1-6,9-10,13,15,25H,7-8,11-12H2,(H,23,26). The van der Waals surface area contributed by atoms with Crippen LogP contribution in [0.25, 0.3) is 10.6 Å². The normalized spacial score (nSPS) is 14.9. The summed E-state index contributed by atoms with van der Waals surface area (Å²) in [4.78, 5) is 23.9. The maximum Gasteiger partial charge on any atom is 0.267 e. The van der Waals surface area contributed by atoms with E-state index in [0.717, 1.165) is 47.9 Å². The molecule has 6 nitrogen and oxygen atoms in total. The summed E-state index contributed by atoms with van der Waals surface area (Å²) < 4.78 is 0. The zero-order valence-electron chi connectivity index (χ0n) is 14.7. The Morgan fingerprint density at radius 2 is 1.89 bits per heavy atom. The van der Waals surface area contributed by atoms with Crippen LogP contribution in [0, 0.1) is 0 Å². The third-order valence-corrected chi connectivity index (χ3v) is 5.66. The zero-order chi connectivity index (χ0) is 18.6. The second-order valence-electron chi connectivity index (χ2n) is 6.46. The second kappa shape index (κ2) is 7.85. The number of carbonyl (C=O) groups is 1. The van der Waals surface area contributed by atoms with Gasteiger partial charge in [0.2, 0.25) is 0 Å². The van der Waals surface area contributed by atoms with Crippen LogP contribution in [0.4, 0.5) is 11.4 Å². The summed E-state index contributed by atoms with van der Waals surface area (Å²) in [6.07, 6.45) is 6.28. The number of pyridine rings is 1. The maximum atomic E-state index is 12.7. The summed E-state index contributed by atoms with van der Waals surface area (Å²) in [7, 11) is 0. The highest BCUT2D eigenvalue weighted by Crippen LogP contribution is 2.30. The lowest BCUT2D eigenvalue weighted by Gasteiger charge is -2.32. The molecule has 7 heteroatoms. The third kappa shape index (κ3) is 3.99. The van der Waals surface area contributed by atoms with E-state index in [4.69, 9.17) is 0 Å². The minimum atomic E-state index is -0.230. The second-order valence-corrected chi connectivity index (χ2v) is 7.49. The van der Waals surface area contributed by atoms with Crippen LogP contribution in [0.5, 0.6) is 0 Å². The van der Waals surface area contributed by atoms with Gasteiger partial charge in [-0.1, -0.05) is 12.1 Å². The summed E-state index contributed by atoms with van der Waals surface area (Å²) in [5.74, 6) is -0.169. The van der Waals surface area contributed by atoms with Crippen LogP contribution in [0.15, 0.2) is 55.0 Å². The van der Waals surface area contributed by atoms with E-state index < -0.39 is 0 Å². The number of para-hydroxylation sites is 2. The Hall–Kier alpha value is -2.77. The molecule has 0 atom stereocenters. The van der Waals surface area contributed by atoms with Gasteiger partial charge >= 0.3 is 0 Å². The number of thiazole rings is 1. The summed E-state index contributed by atoms with van der Waals surface area (Å²) in [5.41, 5.74) is 2.70. The Morgan fingerprint density at radius 3 is 2.67 bits per heavy atom. The van der Waals surface area contributed by atoms with Gasteiger partial charge in [0.25, 0.3) is 5.91 Å². The molecule has 0 spiro atoms. The Morgan fingerprint density at radius 1 is 1.15 bits per heavy atom. The SMILES string of the molecule is O=C(Nc1ccccc1N1CCC(O)CC1)c1cnc(-c2ccncc2)s1. The zero-order valence-corrected chi connectivity index (χ0v) is 15.5. The summed E-state index contributed by atoms with van der Waals surface area (Å²) >= 11 is 1.36. The van der Waals surface area contributed by atoms with Crippen molar-refractivity contribution in [2.75, 3.05) is 23.3 Å². The molecule has 3 aromatic rings. The molecule has 1 fully saturated rings. The maximum absolute atomic E-state index is 12.7. The first kappa shape index (κ1) is 17.6. The molecule has 0 saturated carbocycles. The van der Waals surface area contributed by atoms with E-state index in [1.54, 1.807) is 18.6 Å². The predicted octanol–water partition coefficient (Wildman–Crippen LogP) is 3.42.